The highest BCUT2D eigenvalue weighted by atomic mass is 16.5. The first-order valence-corrected chi connectivity index (χ1v) is 8.18. The molecule has 0 radical (unpaired) electrons. The average molecular weight is 317 g/mol. The summed E-state index contributed by atoms with van der Waals surface area (Å²) < 4.78 is 11.3. The van der Waals surface area contributed by atoms with Crippen LogP contribution in [0.15, 0.2) is 39.7 Å². The molecule has 0 atom stereocenters. The molecule has 0 saturated carbocycles. The van der Waals surface area contributed by atoms with Crippen molar-refractivity contribution in [3.8, 4) is 0 Å². The van der Waals surface area contributed by atoms with Crippen molar-refractivity contribution >= 4 is 16.9 Å². The summed E-state index contributed by atoms with van der Waals surface area (Å²) in [6.45, 7) is 7.34. The lowest BCUT2D eigenvalue weighted by atomic mass is 10.2. The van der Waals surface area contributed by atoms with E-state index in [4.69, 9.17) is 9.15 Å². The molecule has 1 aromatic carbocycles. The van der Waals surface area contributed by atoms with E-state index < -0.39 is 0 Å². The lowest BCUT2D eigenvalue weighted by Gasteiger charge is -2.11. The van der Waals surface area contributed by atoms with E-state index >= 15 is 0 Å². The van der Waals surface area contributed by atoms with Gasteiger partial charge in [0.25, 0.3) is 0 Å². The summed E-state index contributed by atoms with van der Waals surface area (Å²) >= 11 is 0. The van der Waals surface area contributed by atoms with Gasteiger partial charge in [0.2, 0.25) is 0 Å². The number of hydrogen-bond donors (Lipinski definition) is 2. The van der Waals surface area contributed by atoms with E-state index in [0.29, 0.717) is 12.5 Å². The van der Waals surface area contributed by atoms with Gasteiger partial charge in [0, 0.05) is 32.2 Å². The van der Waals surface area contributed by atoms with E-state index in [-0.39, 0.29) is 0 Å². The Morgan fingerprint density at radius 2 is 2.09 bits per heavy atom. The van der Waals surface area contributed by atoms with E-state index in [2.05, 4.69) is 35.5 Å². The fourth-order valence-electron chi connectivity index (χ4n) is 2.22. The molecule has 2 rings (SSSR count). The number of ether oxygens (including phenoxy) is 1. The Hall–Kier alpha value is -2.01. The number of fused-ring (bicyclic) bond motifs is 1. The second kappa shape index (κ2) is 9.20. The minimum absolute atomic E-state index is 0.584. The van der Waals surface area contributed by atoms with Crippen molar-refractivity contribution in [3.63, 3.8) is 0 Å². The van der Waals surface area contributed by atoms with Gasteiger partial charge in [0.15, 0.2) is 5.96 Å². The molecule has 2 N–H and O–H groups in total. The molecule has 0 aliphatic heterocycles. The molecule has 5 nitrogen and oxygen atoms in total. The van der Waals surface area contributed by atoms with Crippen molar-refractivity contribution in [2.24, 2.45) is 10.9 Å². The minimum Gasteiger partial charge on any atom is -0.459 e. The third-order valence-electron chi connectivity index (χ3n) is 3.34. The Kier molecular flexibility index (Phi) is 6.94. The lowest BCUT2D eigenvalue weighted by molar-refractivity contribution is 0.108. The minimum atomic E-state index is 0.584. The van der Waals surface area contributed by atoms with Crippen molar-refractivity contribution in [2.75, 3.05) is 26.8 Å². The SMILES string of the molecule is CN=C(NCCCOCC(C)C)NCc1cc2ccccc2o1. The number of benzene rings is 1. The molecule has 0 amide bonds. The standard InChI is InChI=1S/C18H27N3O2/c1-14(2)13-22-10-6-9-20-18(19-3)21-12-16-11-15-7-4-5-8-17(15)23-16/h4-5,7-8,11,14H,6,9-10,12-13H2,1-3H3,(H2,19,20,21). The van der Waals surface area contributed by atoms with E-state index in [9.17, 15) is 0 Å². The number of hydrogen-bond acceptors (Lipinski definition) is 3. The van der Waals surface area contributed by atoms with Crippen LogP contribution in [-0.2, 0) is 11.3 Å². The summed E-state index contributed by atoms with van der Waals surface area (Å²) in [5.41, 5.74) is 0.912. The Bertz CT molecular complexity index is 587. The predicted molar refractivity (Wildman–Crippen MR) is 94.7 cm³/mol. The van der Waals surface area contributed by atoms with Crippen LogP contribution in [0.25, 0.3) is 11.0 Å². The molecule has 2 aromatic rings. The highest BCUT2D eigenvalue weighted by molar-refractivity contribution is 5.80. The topological polar surface area (TPSA) is 58.8 Å². The molecule has 0 bridgehead atoms. The molecule has 0 aliphatic rings. The van der Waals surface area contributed by atoms with Gasteiger partial charge in [-0.2, -0.15) is 0 Å². The molecule has 0 fully saturated rings. The number of furan rings is 1. The number of para-hydroxylation sites is 1. The van der Waals surface area contributed by atoms with Gasteiger partial charge >= 0.3 is 0 Å². The molecule has 5 heteroatoms. The van der Waals surface area contributed by atoms with Gasteiger partial charge in [0.1, 0.15) is 11.3 Å². The van der Waals surface area contributed by atoms with Crippen molar-refractivity contribution in [1.82, 2.24) is 10.6 Å². The molecule has 0 saturated heterocycles. The summed E-state index contributed by atoms with van der Waals surface area (Å²) in [7, 11) is 1.77. The number of rotatable bonds is 8. The second-order valence-corrected chi connectivity index (χ2v) is 5.93. The third-order valence-corrected chi connectivity index (χ3v) is 3.34. The van der Waals surface area contributed by atoms with E-state index in [1.807, 2.05) is 24.3 Å². The molecule has 126 valence electrons. The quantitative estimate of drug-likeness (QED) is 0.446. The van der Waals surface area contributed by atoms with Gasteiger partial charge in [-0.1, -0.05) is 32.0 Å². The van der Waals surface area contributed by atoms with Crippen LogP contribution in [0.2, 0.25) is 0 Å². The fourth-order valence-corrected chi connectivity index (χ4v) is 2.22. The maximum absolute atomic E-state index is 5.78. The van der Waals surface area contributed by atoms with E-state index in [0.717, 1.165) is 48.9 Å². The first-order chi connectivity index (χ1) is 11.2. The first kappa shape index (κ1) is 17.3. The molecule has 1 heterocycles. The van der Waals surface area contributed by atoms with Crippen molar-refractivity contribution in [2.45, 2.75) is 26.8 Å². The number of guanidine groups is 1. The summed E-state index contributed by atoms with van der Waals surface area (Å²) in [6, 6.07) is 10.1. The average Bonchev–Trinajstić information content (AvgIpc) is 2.96. The molecule has 0 spiro atoms. The van der Waals surface area contributed by atoms with Crippen LogP contribution in [0.3, 0.4) is 0 Å². The second-order valence-electron chi connectivity index (χ2n) is 5.93. The Morgan fingerprint density at radius 3 is 2.83 bits per heavy atom. The molecule has 0 aliphatic carbocycles. The van der Waals surface area contributed by atoms with E-state index in [1.54, 1.807) is 7.05 Å². The van der Waals surface area contributed by atoms with Crippen LogP contribution in [-0.4, -0.2) is 32.8 Å². The lowest BCUT2D eigenvalue weighted by Crippen LogP contribution is -2.37. The third kappa shape index (κ3) is 5.94. The van der Waals surface area contributed by atoms with Crippen LogP contribution in [0.4, 0.5) is 0 Å². The van der Waals surface area contributed by atoms with Crippen molar-refractivity contribution in [3.05, 3.63) is 36.1 Å². The Balaban J connectivity index is 1.68. The normalized spacial score (nSPS) is 12.1. The van der Waals surface area contributed by atoms with Gasteiger partial charge in [-0.3, -0.25) is 4.99 Å². The van der Waals surface area contributed by atoms with Crippen LogP contribution in [0.5, 0.6) is 0 Å². The van der Waals surface area contributed by atoms with Crippen LogP contribution in [0, 0.1) is 5.92 Å². The predicted octanol–water partition coefficient (Wildman–Crippen LogP) is 3.16. The Morgan fingerprint density at radius 1 is 1.26 bits per heavy atom. The van der Waals surface area contributed by atoms with Gasteiger partial charge in [0.05, 0.1) is 6.54 Å². The van der Waals surface area contributed by atoms with Gasteiger partial charge in [-0.25, -0.2) is 0 Å². The largest absolute Gasteiger partial charge is 0.459 e. The van der Waals surface area contributed by atoms with Crippen LogP contribution in [0.1, 0.15) is 26.0 Å². The molecular weight excluding hydrogens is 290 g/mol. The van der Waals surface area contributed by atoms with Crippen molar-refractivity contribution in [1.29, 1.82) is 0 Å². The fraction of sp³-hybridized carbons (Fsp3) is 0.500. The zero-order chi connectivity index (χ0) is 16.5. The monoisotopic (exact) mass is 317 g/mol. The van der Waals surface area contributed by atoms with Gasteiger partial charge < -0.3 is 19.8 Å². The number of nitrogens with zero attached hydrogens (tertiary/aromatic N) is 1. The zero-order valence-corrected chi connectivity index (χ0v) is 14.3. The maximum atomic E-state index is 5.78. The molecule has 23 heavy (non-hydrogen) atoms. The summed E-state index contributed by atoms with van der Waals surface area (Å²) in [4.78, 5) is 4.22. The highest BCUT2D eigenvalue weighted by Crippen LogP contribution is 2.18. The summed E-state index contributed by atoms with van der Waals surface area (Å²) in [5, 5.41) is 7.66. The van der Waals surface area contributed by atoms with Gasteiger partial charge in [-0.15, -0.1) is 0 Å². The molecular formula is C18H27N3O2. The van der Waals surface area contributed by atoms with Crippen LogP contribution < -0.4 is 10.6 Å². The highest BCUT2D eigenvalue weighted by Gasteiger charge is 2.04. The zero-order valence-electron chi connectivity index (χ0n) is 14.3. The van der Waals surface area contributed by atoms with Gasteiger partial charge in [-0.05, 0) is 24.5 Å². The first-order valence-electron chi connectivity index (χ1n) is 8.18. The number of nitrogens with one attached hydrogen (secondary N) is 2. The van der Waals surface area contributed by atoms with Crippen LogP contribution >= 0.6 is 0 Å². The molecule has 1 aromatic heterocycles. The summed E-state index contributed by atoms with van der Waals surface area (Å²) in [6.07, 6.45) is 0.956. The van der Waals surface area contributed by atoms with E-state index in [1.165, 1.54) is 0 Å². The smallest absolute Gasteiger partial charge is 0.191 e. The Labute approximate surface area is 138 Å². The molecule has 0 unspecified atom stereocenters. The summed E-state index contributed by atoms with van der Waals surface area (Å²) in [5.74, 6) is 2.25. The number of aliphatic imine (C=N–C) groups is 1. The maximum Gasteiger partial charge on any atom is 0.191 e. The van der Waals surface area contributed by atoms with Crippen molar-refractivity contribution < 1.29 is 9.15 Å².